The minimum Gasteiger partial charge on any atom is -0.357 e. The zero-order chi connectivity index (χ0) is 17.4. The van der Waals surface area contributed by atoms with E-state index in [2.05, 4.69) is 35.6 Å². The van der Waals surface area contributed by atoms with Crippen LogP contribution < -0.4 is 10.6 Å². The molecule has 1 aliphatic heterocycles. The molecular formula is C18H34N4OS. The highest BCUT2D eigenvalue weighted by atomic mass is 32.2. The molecule has 24 heavy (non-hydrogen) atoms. The third kappa shape index (κ3) is 5.57. The Bertz CT molecular complexity index is 429. The van der Waals surface area contributed by atoms with Crippen molar-refractivity contribution in [1.82, 2.24) is 15.5 Å². The Morgan fingerprint density at radius 3 is 2.83 bits per heavy atom. The fourth-order valence-corrected chi connectivity index (χ4v) is 4.56. The fraction of sp³-hybridized carbons (Fsp3) is 0.889. The van der Waals surface area contributed by atoms with E-state index in [1.807, 2.05) is 11.8 Å². The summed E-state index contributed by atoms with van der Waals surface area (Å²) in [6, 6.07) is 0.890. The van der Waals surface area contributed by atoms with Crippen molar-refractivity contribution >= 4 is 23.6 Å². The van der Waals surface area contributed by atoms with Crippen molar-refractivity contribution in [1.29, 1.82) is 0 Å². The summed E-state index contributed by atoms with van der Waals surface area (Å²) in [6.07, 6.45) is 9.68. The molecular weight excluding hydrogens is 320 g/mol. The Balaban J connectivity index is 1.82. The Kier molecular flexibility index (Phi) is 8.22. The van der Waals surface area contributed by atoms with Gasteiger partial charge in [0, 0.05) is 43.4 Å². The van der Waals surface area contributed by atoms with E-state index in [-0.39, 0.29) is 0 Å². The number of rotatable bonds is 8. The van der Waals surface area contributed by atoms with Gasteiger partial charge in [-0.3, -0.25) is 9.79 Å². The van der Waals surface area contributed by atoms with Crippen LogP contribution in [0.15, 0.2) is 4.99 Å². The van der Waals surface area contributed by atoms with Gasteiger partial charge in [0.1, 0.15) is 0 Å². The number of likely N-dealkylation sites (tertiary alicyclic amines) is 1. The average molecular weight is 355 g/mol. The minimum atomic E-state index is 0.324. The van der Waals surface area contributed by atoms with Crippen molar-refractivity contribution in [2.24, 2.45) is 4.99 Å². The molecule has 0 aromatic heterocycles. The van der Waals surface area contributed by atoms with E-state index in [0.29, 0.717) is 18.0 Å². The molecule has 0 aromatic carbocycles. The third-order valence-electron chi connectivity index (χ3n) is 5.16. The molecule has 2 aliphatic rings. The maximum absolute atomic E-state index is 11.9. The first kappa shape index (κ1) is 19.4. The smallest absolute Gasteiger partial charge is 0.222 e. The normalized spacial score (nSPS) is 26.0. The van der Waals surface area contributed by atoms with Crippen molar-refractivity contribution in [2.75, 3.05) is 25.9 Å². The lowest BCUT2D eigenvalue weighted by molar-refractivity contribution is -0.129. The lowest BCUT2D eigenvalue weighted by atomic mass is 10.1. The zero-order valence-electron chi connectivity index (χ0n) is 15.5. The number of guanidine groups is 1. The second-order valence-electron chi connectivity index (χ2n) is 6.81. The lowest BCUT2D eigenvalue weighted by Gasteiger charge is -2.26. The molecule has 2 N–H and O–H groups in total. The number of nitrogens with zero attached hydrogens (tertiary/aromatic N) is 2. The molecule has 1 heterocycles. The van der Waals surface area contributed by atoms with E-state index >= 15 is 0 Å². The van der Waals surface area contributed by atoms with Crippen LogP contribution in [0.25, 0.3) is 0 Å². The van der Waals surface area contributed by atoms with E-state index < -0.39 is 0 Å². The molecule has 5 nitrogen and oxygen atoms in total. The molecule has 1 aliphatic carbocycles. The Labute approximate surface area is 151 Å². The van der Waals surface area contributed by atoms with Gasteiger partial charge in [0.25, 0.3) is 0 Å². The van der Waals surface area contributed by atoms with Crippen LogP contribution in [0.5, 0.6) is 0 Å². The summed E-state index contributed by atoms with van der Waals surface area (Å²) in [5.74, 6) is 1.26. The van der Waals surface area contributed by atoms with Gasteiger partial charge in [0.05, 0.1) is 0 Å². The van der Waals surface area contributed by atoms with E-state index in [1.54, 1.807) is 0 Å². The molecule has 0 radical (unpaired) electrons. The molecule has 2 rings (SSSR count). The van der Waals surface area contributed by atoms with Gasteiger partial charge in [0.15, 0.2) is 5.96 Å². The number of hydrogen-bond acceptors (Lipinski definition) is 3. The van der Waals surface area contributed by atoms with Gasteiger partial charge in [-0.05, 0) is 51.7 Å². The van der Waals surface area contributed by atoms with E-state index in [1.165, 1.54) is 19.3 Å². The SMILES string of the molecule is CCNC(=NCCC(CC)N1CCCC1=O)NC1CCC(SC)C1. The highest BCUT2D eigenvalue weighted by Crippen LogP contribution is 2.28. The summed E-state index contributed by atoms with van der Waals surface area (Å²) in [7, 11) is 0. The van der Waals surface area contributed by atoms with Gasteiger partial charge in [-0.1, -0.05) is 6.92 Å². The number of thioether (sulfide) groups is 1. The van der Waals surface area contributed by atoms with Crippen LogP contribution in [0.4, 0.5) is 0 Å². The van der Waals surface area contributed by atoms with Crippen molar-refractivity contribution in [3.05, 3.63) is 0 Å². The van der Waals surface area contributed by atoms with Crippen molar-refractivity contribution in [2.45, 2.75) is 76.1 Å². The standard InChI is InChI=1S/C18H34N4OS/c1-4-15(22-12-6-7-17(22)23)10-11-20-18(19-5-2)21-14-8-9-16(13-14)24-3/h14-16H,4-13H2,1-3H3,(H2,19,20,21). The van der Waals surface area contributed by atoms with Crippen LogP contribution in [0.1, 0.15) is 58.8 Å². The van der Waals surface area contributed by atoms with E-state index in [4.69, 9.17) is 4.99 Å². The van der Waals surface area contributed by atoms with Gasteiger partial charge >= 0.3 is 0 Å². The van der Waals surface area contributed by atoms with Gasteiger partial charge in [0.2, 0.25) is 5.91 Å². The maximum atomic E-state index is 11.9. The summed E-state index contributed by atoms with van der Waals surface area (Å²) in [5.41, 5.74) is 0. The molecule has 3 atom stereocenters. The summed E-state index contributed by atoms with van der Waals surface area (Å²) in [4.78, 5) is 18.8. The summed E-state index contributed by atoms with van der Waals surface area (Å²) < 4.78 is 0. The van der Waals surface area contributed by atoms with Crippen molar-refractivity contribution in [3.8, 4) is 0 Å². The molecule has 0 aromatic rings. The maximum Gasteiger partial charge on any atom is 0.222 e. The average Bonchev–Trinajstić information content (AvgIpc) is 3.20. The van der Waals surface area contributed by atoms with Crippen molar-refractivity contribution < 1.29 is 4.79 Å². The largest absolute Gasteiger partial charge is 0.357 e. The zero-order valence-corrected chi connectivity index (χ0v) is 16.3. The molecule has 0 spiro atoms. The highest BCUT2D eigenvalue weighted by Gasteiger charge is 2.27. The number of amides is 1. The van der Waals surface area contributed by atoms with Gasteiger partial charge in [-0.25, -0.2) is 0 Å². The molecule has 2 fully saturated rings. The molecule has 1 saturated carbocycles. The molecule has 1 saturated heterocycles. The fourth-order valence-electron chi connectivity index (χ4n) is 3.76. The third-order valence-corrected chi connectivity index (χ3v) is 6.25. The van der Waals surface area contributed by atoms with E-state index in [9.17, 15) is 4.79 Å². The van der Waals surface area contributed by atoms with Crippen LogP contribution >= 0.6 is 11.8 Å². The number of hydrogen-bond donors (Lipinski definition) is 2. The molecule has 0 bridgehead atoms. The van der Waals surface area contributed by atoms with Crippen molar-refractivity contribution in [3.63, 3.8) is 0 Å². The van der Waals surface area contributed by atoms with Crippen LogP contribution in [0, 0.1) is 0 Å². The van der Waals surface area contributed by atoms with Crippen LogP contribution in [-0.4, -0.2) is 60.0 Å². The quantitative estimate of drug-likeness (QED) is 0.520. The van der Waals surface area contributed by atoms with Crippen LogP contribution in [0.2, 0.25) is 0 Å². The Hall–Kier alpha value is -0.910. The molecule has 1 amide bonds. The summed E-state index contributed by atoms with van der Waals surface area (Å²) in [5, 5.41) is 7.75. The summed E-state index contributed by atoms with van der Waals surface area (Å²) in [6.45, 7) is 6.86. The molecule has 3 unspecified atom stereocenters. The number of carbonyl (C=O) groups excluding carboxylic acids is 1. The highest BCUT2D eigenvalue weighted by molar-refractivity contribution is 7.99. The van der Waals surface area contributed by atoms with Crippen LogP contribution in [-0.2, 0) is 4.79 Å². The molecule has 138 valence electrons. The second-order valence-corrected chi connectivity index (χ2v) is 7.95. The first-order valence-corrected chi connectivity index (χ1v) is 10.8. The molecule has 6 heteroatoms. The summed E-state index contributed by atoms with van der Waals surface area (Å²) >= 11 is 1.98. The van der Waals surface area contributed by atoms with Gasteiger partial charge in [-0.2, -0.15) is 11.8 Å². The topological polar surface area (TPSA) is 56.7 Å². The Morgan fingerprint density at radius 2 is 2.25 bits per heavy atom. The number of carbonyl (C=O) groups is 1. The minimum absolute atomic E-state index is 0.324. The predicted octanol–water partition coefficient (Wildman–Crippen LogP) is 2.62. The Morgan fingerprint density at radius 1 is 1.42 bits per heavy atom. The van der Waals surface area contributed by atoms with Crippen LogP contribution in [0.3, 0.4) is 0 Å². The first-order chi connectivity index (χ1) is 11.7. The van der Waals surface area contributed by atoms with Gasteiger partial charge < -0.3 is 15.5 Å². The lowest BCUT2D eigenvalue weighted by Crippen LogP contribution is -2.43. The number of aliphatic imine (C=N–C) groups is 1. The predicted molar refractivity (Wildman–Crippen MR) is 104 cm³/mol. The van der Waals surface area contributed by atoms with E-state index in [0.717, 1.165) is 56.5 Å². The first-order valence-electron chi connectivity index (χ1n) is 9.55. The monoisotopic (exact) mass is 354 g/mol. The second kappa shape index (κ2) is 10.2. The number of nitrogens with one attached hydrogen (secondary N) is 2. The van der Waals surface area contributed by atoms with Gasteiger partial charge in [-0.15, -0.1) is 0 Å².